The molecule has 1 atom stereocenters. The van der Waals surface area contributed by atoms with E-state index in [1.807, 2.05) is 6.07 Å². The summed E-state index contributed by atoms with van der Waals surface area (Å²) in [6, 6.07) is 7.77. The number of amides is 1. The maximum Gasteiger partial charge on any atom is 0.259 e. The van der Waals surface area contributed by atoms with E-state index in [0.717, 1.165) is 25.3 Å². The van der Waals surface area contributed by atoms with Crippen molar-refractivity contribution in [3.63, 3.8) is 0 Å². The molecule has 1 aliphatic heterocycles. The SMILES string of the molecule is O=C(c1c[nH]c(=O)cc1O)N1CCC[C@@H](CCc2ccccc2F)C1. The van der Waals surface area contributed by atoms with E-state index in [0.29, 0.717) is 31.0 Å². The first-order valence-corrected chi connectivity index (χ1v) is 8.49. The number of rotatable bonds is 4. The van der Waals surface area contributed by atoms with E-state index in [4.69, 9.17) is 0 Å². The molecule has 2 heterocycles. The Labute approximate surface area is 145 Å². The Hall–Kier alpha value is -2.63. The molecule has 6 heteroatoms. The number of pyridine rings is 1. The number of benzene rings is 1. The highest BCUT2D eigenvalue weighted by atomic mass is 19.1. The average Bonchev–Trinajstić information content (AvgIpc) is 2.61. The molecule has 0 spiro atoms. The van der Waals surface area contributed by atoms with Crippen LogP contribution in [0.25, 0.3) is 0 Å². The van der Waals surface area contributed by atoms with Crippen LogP contribution in [0.5, 0.6) is 5.75 Å². The summed E-state index contributed by atoms with van der Waals surface area (Å²) in [5.41, 5.74) is 0.356. The van der Waals surface area contributed by atoms with Crippen LogP contribution in [0.2, 0.25) is 0 Å². The Kier molecular flexibility index (Phi) is 5.16. The highest BCUT2D eigenvalue weighted by molar-refractivity contribution is 5.96. The largest absolute Gasteiger partial charge is 0.507 e. The van der Waals surface area contributed by atoms with Crippen LogP contribution in [0.15, 0.2) is 41.3 Å². The van der Waals surface area contributed by atoms with Gasteiger partial charge in [-0.1, -0.05) is 18.2 Å². The number of piperidine rings is 1. The Bertz CT molecular complexity index is 818. The van der Waals surface area contributed by atoms with Gasteiger partial charge >= 0.3 is 0 Å². The average molecular weight is 344 g/mol. The molecule has 25 heavy (non-hydrogen) atoms. The van der Waals surface area contributed by atoms with E-state index in [-0.39, 0.29) is 23.0 Å². The number of hydrogen-bond acceptors (Lipinski definition) is 3. The first-order valence-electron chi connectivity index (χ1n) is 8.49. The first-order chi connectivity index (χ1) is 12.0. The molecule has 1 amide bonds. The van der Waals surface area contributed by atoms with Gasteiger partial charge in [0.25, 0.3) is 11.5 Å². The Morgan fingerprint density at radius 2 is 2.16 bits per heavy atom. The van der Waals surface area contributed by atoms with Gasteiger partial charge in [-0.25, -0.2) is 4.39 Å². The number of aryl methyl sites for hydroxylation is 1. The molecule has 0 saturated carbocycles. The Balaban J connectivity index is 1.63. The van der Waals surface area contributed by atoms with Crippen molar-refractivity contribution in [3.8, 4) is 5.75 Å². The summed E-state index contributed by atoms with van der Waals surface area (Å²) in [4.78, 5) is 27.9. The number of H-pyrrole nitrogens is 1. The van der Waals surface area contributed by atoms with Gasteiger partial charge in [0, 0.05) is 25.4 Å². The molecule has 1 aromatic carbocycles. The van der Waals surface area contributed by atoms with Crippen molar-refractivity contribution >= 4 is 5.91 Å². The summed E-state index contributed by atoms with van der Waals surface area (Å²) in [5.74, 6) is -0.488. The van der Waals surface area contributed by atoms with Gasteiger partial charge < -0.3 is 15.0 Å². The standard InChI is InChI=1S/C19H21FN2O3/c20-16-6-2-1-5-14(16)8-7-13-4-3-9-22(12-13)19(25)15-11-21-18(24)10-17(15)23/h1-2,5-6,10-11,13H,3-4,7-9,12H2,(H2,21,23,24)/t13-/m0/s1. The van der Waals surface area contributed by atoms with Crippen LogP contribution in [0, 0.1) is 11.7 Å². The smallest absolute Gasteiger partial charge is 0.259 e. The lowest BCUT2D eigenvalue weighted by Crippen LogP contribution is -2.40. The molecule has 2 aromatic rings. The maximum absolute atomic E-state index is 13.7. The second-order valence-corrected chi connectivity index (χ2v) is 6.49. The van der Waals surface area contributed by atoms with Gasteiger partial charge in [0.15, 0.2) is 0 Å². The van der Waals surface area contributed by atoms with Gasteiger partial charge in [-0.15, -0.1) is 0 Å². The molecular weight excluding hydrogens is 323 g/mol. The highest BCUT2D eigenvalue weighted by Gasteiger charge is 2.26. The van der Waals surface area contributed by atoms with Crippen LogP contribution in [0.4, 0.5) is 4.39 Å². The molecular formula is C19H21FN2O3. The van der Waals surface area contributed by atoms with Crippen molar-refractivity contribution in [2.24, 2.45) is 5.92 Å². The van der Waals surface area contributed by atoms with Gasteiger partial charge in [-0.05, 0) is 43.2 Å². The number of carbonyl (C=O) groups is 1. The molecule has 1 aromatic heterocycles. The minimum atomic E-state index is -0.449. The fourth-order valence-corrected chi connectivity index (χ4v) is 3.35. The molecule has 0 aliphatic carbocycles. The maximum atomic E-state index is 13.7. The van der Waals surface area contributed by atoms with E-state index in [2.05, 4.69) is 4.98 Å². The normalized spacial score (nSPS) is 17.5. The number of nitrogens with zero attached hydrogens (tertiary/aromatic N) is 1. The van der Waals surface area contributed by atoms with Crippen molar-refractivity contribution in [1.29, 1.82) is 0 Å². The number of halogens is 1. The molecule has 0 unspecified atom stereocenters. The van der Waals surface area contributed by atoms with Crippen molar-refractivity contribution in [1.82, 2.24) is 9.88 Å². The molecule has 1 saturated heterocycles. The third-order valence-corrected chi connectivity index (χ3v) is 4.72. The number of aromatic nitrogens is 1. The topological polar surface area (TPSA) is 73.4 Å². The number of carbonyl (C=O) groups excluding carboxylic acids is 1. The summed E-state index contributed by atoms with van der Waals surface area (Å²) in [6.45, 7) is 1.19. The summed E-state index contributed by atoms with van der Waals surface area (Å²) >= 11 is 0. The summed E-state index contributed by atoms with van der Waals surface area (Å²) < 4.78 is 13.7. The number of hydrogen-bond donors (Lipinski definition) is 2. The van der Waals surface area contributed by atoms with Crippen LogP contribution in [0.1, 0.15) is 35.2 Å². The van der Waals surface area contributed by atoms with E-state index >= 15 is 0 Å². The summed E-state index contributed by atoms with van der Waals surface area (Å²) in [7, 11) is 0. The van der Waals surface area contributed by atoms with Crippen LogP contribution in [0.3, 0.4) is 0 Å². The van der Waals surface area contributed by atoms with Crippen LogP contribution < -0.4 is 5.56 Å². The zero-order valence-corrected chi connectivity index (χ0v) is 13.9. The molecule has 3 rings (SSSR count). The Morgan fingerprint density at radius 3 is 2.92 bits per heavy atom. The Morgan fingerprint density at radius 1 is 1.36 bits per heavy atom. The fraction of sp³-hybridized carbons (Fsp3) is 0.368. The lowest BCUT2D eigenvalue weighted by Gasteiger charge is -2.33. The molecule has 1 aliphatic rings. The summed E-state index contributed by atoms with van der Waals surface area (Å²) in [6.07, 6.45) is 4.57. The van der Waals surface area contributed by atoms with Gasteiger partial charge in [-0.3, -0.25) is 9.59 Å². The van der Waals surface area contributed by atoms with Crippen LogP contribution in [-0.4, -0.2) is 34.0 Å². The highest BCUT2D eigenvalue weighted by Crippen LogP contribution is 2.25. The molecule has 5 nitrogen and oxygen atoms in total. The van der Waals surface area contributed by atoms with Crippen LogP contribution in [-0.2, 0) is 6.42 Å². The minimum Gasteiger partial charge on any atom is -0.507 e. The summed E-state index contributed by atoms with van der Waals surface area (Å²) in [5, 5.41) is 9.83. The predicted octanol–water partition coefficient (Wildman–Crippen LogP) is 2.70. The second-order valence-electron chi connectivity index (χ2n) is 6.49. The molecule has 2 N–H and O–H groups in total. The number of aromatic hydroxyl groups is 1. The van der Waals surface area contributed by atoms with Gasteiger partial charge in [-0.2, -0.15) is 0 Å². The van der Waals surface area contributed by atoms with Crippen molar-refractivity contribution in [3.05, 3.63) is 63.8 Å². The molecule has 0 bridgehead atoms. The number of nitrogens with one attached hydrogen (secondary N) is 1. The van der Waals surface area contributed by atoms with E-state index in [1.54, 1.807) is 17.0 Å². The lowest BCUT2D eigenvalue weighted by atomic mass is 9.91. The third kappa shape index (κ3) is 4.07. The minimum absolute atomic E-state index is 0.106. The zero-order valence-electron chi connectivity index (χ0n) is 13.9. The molecule has 1 fully saturated rings. The molecule has 132 valence electrons. The number of likely N-dealkylation sites (tertiary alicyclic amines) is 1. The van der Waals surface area contributed by atoms with Gasteiger partial charge in [0.05, 0.1) is 5.56 Å². The van der Waals surface area contributed by atoms with Crippen molar-refractivity contribution in [2.45, 2.75) is 25.7 Å². The molecule has 0 radical (unpaired) electrons. The fourth-order valence-electron chi connectivity index (χ4n) is 3.35. The van der Waals surface area contributed by atoms with Gasteiger partial charge in [0.2, 0.25) is 0 Å². The lowest BCUT2D eigenvalue weighted by molar-refractivity contribution is 0.0664. The van der Waals surface area contributed by atoms with Crippen molar-refractivity contribution < 1.29 is 14.3 Å². The van der Waals surface area contributed by atoms with Crippen LogP contribution >= 0.6 is 0 Å². The van der Waals surface area contributed by atoms with Gasteiger partial charge in [0.1, 0.15) is 11.6 Å². The second kappa shape index (κ2) is 7.51. The predicted molar refractivity (Wildman–Crippen MR) is 92.1 cm³/mol. The van der Waals surface area contributed by atoms with E-state index < -0.39 is 5.56 Å². The van der Waals surface area contributed by atoms with E-state index in [1.165, 1.54) is 12.3 Å². The zero-order chi connectivity index (χ0) is 17.8. The third-order valence-electron chi connectivity index (χ3n) is 4.72. The van der Waals surface area contributed by atoms with E-state index in [9.17, 15) is 19.1 Å². The monoisotopic (exact) mass is 344 g/mol. The quantitative estimate of drug-likeness (QED) is 0.896. The number of aromatic amines is 1. The van der Waals surface area contributed by atoms with Crippen molar-refractivity contribution in [2.75, 3.05) is 13.1 Å². The first kappa shape index (κ1) is 17.2.